The number of carbonyl (C=O) groups is 2. The first-order chi connectivity index (χ1) is 9.63. The van der Waals surface area contributed by atoms with Crippen LogP contribution in [0.1, 0.15) is 30.1 Å². The Kier molecular flexibility index (Phi) is 4.40. The fourth-order valence-corrected chi connectivity index (χ4v) is 2.08. The Hall–Kier alpha value is -2.30. The van der Waals surface area contributed by atoms with Crippen LogP contribution in [0, 0.1) is 0 Å². The second-order valence-corrected chi connectivity index (χ2v) is 4.57. The third-order valence-corrected chi connectivity index (χ3v) is 3.08. The van der Waals surface area contributed by atoms with Gasteiger partial charge in [0.05, 0.1) is 17.7 Å². The number of benzene rings is 1. The van der Waals surface area contributed by atoms with E-state index in [4.69, 9.17) is 4.74 Å². The van der Waals surface area contributed by atoms with Crippen molar-refractivity contribution in [2.24, 2.45) is 0 Å². The number of rotatable bonds is 6. The van der Waals surface area contributed by atoms with Gasteiger partial charge in [0.15, 0.2) is 0 Å². The number of unbranched alkanes of at least 4 members (excludes halogenated alkanes) is 1. The molecule has 106 valence electrons. The number of carboxylic acid groups (broad SMARTS) is 1. The normalized spacial score (nSPS) is 10.7. The highest BCUT2D eigenvalue weighted by Gasteiger charge is 2.14. The van der Waals surface area contributed by atoms with Gasteiger partial charge >= 0.3 is 11.9 Å². The average Bonchev–Trinajstić information content (AvgIpc) is 2.82. The van der Waals surface area contributed by atoms with E-state index in [1.165, 1.54) is 6.07 Å². The molecule has 2 aromatic rings. The zero-order valence-electron chi connectivity index (χ0n) is 11.3. The summed E-state index contributed by atoms with van der Waals surface area (Å²) in [7, 11) is 0. The minimum Gasteiger partial charge on any atom is -0.478 e. The fourth-order valence-electron chi connectivity index (χ4n) is 2.08. The fraction of sp³-hybridized carbons (Fsp3) is 0.333. The zero-order valence-corrected chi connectivity index (χ0v) is 11.3. The highest BCUT2D eigenvalue weighted by molar-refractivity contribution is 6.02. The molecule has 0 atom stereocenters. The Bertz CT molecular complexity index is 630. The Labute approximate surface area is 116 Å². The van der Waals surface area contributed by atoms with Crippen LogP contribution < -0.4 is 0 Å². The third-order valence-electron chi connectivity index (χ3n) is 3.08. The lowest BCUT2D eigenvalue weighted by molar-refractivity contribution is -0.144. The number of esters is 1. The van der Waals surface area contributed by atoms with Gasteiger partial charge in [-0.15, -0.1) is 0 Å². The maximum absolute atomic E-state index is 11.7. The number of carbonyl (C=O) groups excluding carboxylic acids is 1. The smallest absolute Gasteiger partial charge is 0.337 e. The summed E-state index contributed by atoms with van der Waals surface area (Å²) in [5.74, 6) is -1.36. The summed E-state index contributed by atoms with van der Waals surface area (Å²) in [4.78, 5) is 23.0. The minimum absolute atomic E-state index is 0.0253. The molecule has 20 heavy (non-hydrogen) atoms. The summed E-state index contributed by atoms with van der Waals surface area (Å²) in [5, 5.41) is 10.0. The summed E-state index contributed by atoms with van der Waals surface area (Å²) in [6, 6.07) is 6.83. The first-order valence-corrected chi connectivity index (χ1v) is 6.60. The van der Waals surface area contributed by atoms with Crippen LogP contribution in [0.3, 0.4) is 0 Å². The number of ether oxygens (including phenoxy) is 1. The molecule has 1 aromatic heterocycles. The van der Waals surface area contributed by atoms with Crippen LogP contribution in [0.15, 0.2) is 30.5 Å². The minimum atomic E-state index is -1.00. The first kappa shape index (κ1) is 14.1. The van der Waals surface area contributed by atoms with E-state index in [0.29, 0.717) is 12.1 Å². The molecule has 1 aromatic carbocycles. The second kappa shape index (κ2) is 6.23. The van der Waals surface area contributed by atoms with Gasteiger partial charge in [0.1, 0.15) is 6.54 Å². The summed E-state index contributed by atoms with van der Waals surface area (Å²) < 4.78 is 6.72. The lowest BCUT2D eigenvalue weighted by Gasteiger charge is -2.08. The predicted octanol–water partition coefficient (Wildman–Crippen LogP) is 2.68. The maximum Gasteiger partial charge on any atom is 0.337 e. The van der Waals surface area contributed by atoms with Gasteiger partial charge in [0.2, 0.25) is 0 Å². The molecule has 0 aliphatic carbocycles. The third kappa shape index (κ3) is 2.99. The molecule has 5 heteroatoms. The van der Waals surface area contributed by atoms with E-state index in [2.05, 4.69) is 0 Å². The second-order valence-electron chi connectivity index (χ2n) is 4.57. The van der Waals surface area contributed by atoms with Crippen molar-refractivity contribution in [3.8, 4) is 0 Å². The van der Waals surface area contributed by atoms with Crippen molar-refractivity contribution in [2.75, 3.05) is 6.61 Å². The van der Waals surface area contributed by atoms with Crippen molar-refractivity contribution >= 4 is 22.8 Å². The number of hydrogen-bond acceptors (Lipinski definition) is 3. The molecule has 1 N–H and O–H groups in total. The van der Waals surface area contributed by atoms with Crippen LogP contribution in [-0.4, -0.2) is 28.2 Å². The van der Waals surface area contributed by atoms with Crippen molar-refractivity contribution < 1.29 is 19.4 Å². The van der Waals surface area contributed by atoms with E-state index in [1.807, 2.05) is 13.0 Å². The molecule has 0 aliphatic heterocycles. The van der Waals surface area contributed by atoms with Gasteiger partial charge < -0.3 is 14.4 Å². The molecule has 1 heterocycles. The maximum atomic E-state index is 11.7. The summed E-state index contributed by atoms with van der Waals surface area (Å²) in [6.45, 7) is 2.45. The van der Waals surface area contributed by atoms with Gasteiger partial charge in [-0.2, -0.15) is 0 Å². The van der Waals surface area contributed by atoms with Gasteiger partial charge in [-0.1, -0.05) is 25.5 Å². The standard InChI is InChI=1S/C15H17NO4/c1-2-3-9-20-13(17)10-16-8-7-11-5-4-6-12(14(11)16)15(18)19/h4-8H,2-3,9-10H2,1H3,(H,18,19). The van der Waals surface area contributed by atoms with Gasteiger partial charge in [0, 0.05) is 11.6 Å². The lowest BCUT2D eigenvalue weighted by Crippen LogP contribution is -2.14. The van der Waals surface area contributed by atoms with Gasteiger partial charge in [0.25, 0.3) is 0 Å². The number of fused-ring (bicyclic) bond motifs is 1. The lowest BCUT2D eigenvalue weighted by atomic mass is 10.1. The van der Waals surface area contributed by atoms with E-state index in [-0.39, 0.29) is 18.1 Å². The molecule has 0 spiro atoms. The van der Waals surface area contributed by atoms with E-state index in [0.717, 1.165) is 18.2 Å². The van der Waals surface area contributed by atoms with Crippen LogP contribution in [-0.2, 0) is 16.1 Å². The number of para-hydroxylation sites is 1. The summed E-state index contributed by atoms with van der Waals surface area (Å²) in [5.41, 5.74) is 0.737. The summed E-state index contributed by atoms with van der Waals surface area (Å²) >= 11 is 0. The van der Waals surface area contributed by atoms with Crippen molar-refractivity contribution in [3.05, 3.63) is 36.0 Å². The Balaban J connectivity index is 2.22. The molecule has 0 radical (unpaired) electrons. The predicted molar refractivity (Wildman–Crippen MR) is 74.8 cm³/mol. The Morgan fingerprint density at radius 1 is 1.30 bits per heavy atom. The molecule has 0 fully saturated rings. The highest BCUT2D eigenvalue weighted by Crippen LogP contribution is 2.20. The first-order valence-electron chi connectivity index (χ1n) is 6.60. The van der Waals surface area contributed by atoms with E-state index in [9.17, 15) is 14.7 Å². The largest absolute Gasteiger partial charge is 0.478 e. The Morgan fingerprint density at radius 2 is 2.10 bits per heavy atom. The molecule has 0 amide bonds. The van der Waals surface area contributed by atoms with Crippen molar-refractivity contribution in [2.45, 2.75) is 26.3 Å². The van der Waals surface area contributed by atoms with Crippen molar-refractivity contribution in [3.63, 3.8) is 0 Å². The molecule has 2 rings (SSSR count). The number of carboxylic acids is 1. The number of aromatic carboxylic acids is 1. The molecular weight excluding hydrogens is 258 g/mol. The molecule has 0 saturated heterocycles. The number of nitrogens with zero attached hydrogens (tertiary/aromatic N) is 1. The molecule has 0 bridgehead atoms. The molecule has 0 saturated carbocycles. The zero-order chi connectivity index (χ0) is 14.5. The van der Waals surface area contributed by atoms with Crippen LogP contribution >= 0.6 is 0 Å². The van der Waals surface area contributed by atoms with Crippen molar-refractivity contribution in [1.29, 1.82) is 0 Å². The van der Waals surface area contributed by atoms with Crippen LogP contribution in [0.25, 0.3) is 10.9 Å². The highest BCUT2D eigenvalue weighted by atomic mass is 16.5. The number of aromatic nitrogens is 1. The van der Waals surface area contributed by atoms with Crippen LogP contribution in [0.2, 0.25) is 0 Å². The summed E-state index contributed by atoms with van der Waals surface area (Å²) in [6.07, 6.45) is 3.50. The van der Waals surface area contributed by atoms with E-state index >= 15 is 0 Å². The van der Waals surface area contributed by atoms with Gasteiger partial charge in [-0.3, -0.25) is 4.79 Å². The van der Waals surface area contributed by atoms with Crippen molar-refractivity contribution in [1.82, 2.24) is 4.57 Å². The average molecular weight is 275 g/mol. The molecular formula is C15H17NO4. The topological polar surface area (TPSA) is 68.5 Å². The van der Waals surface area contributed by atoms with Gasteiger partial charge in [-0.05, 0) is 18.6 Å². The molecule has 0 aliphatic rings. The molecule has 0 unspecified atom stereocenters. The van der Waals surface area contributed by atoms with E-state index < -0.39 is 5.97 Å². The van der Waals surface area contributed by atoms with Crippen LogP contribution in [0.5, 0.6) is 0 Å². The van der Waals surface area contributed by atoms with E-state index in [1.54, 1.807) is 22.9 Å². The Morgan fingerprint density at radius 3 is 2.80 bits per heavy atom. The van der Waals surface area contributed by atoms with Crippen LogP contribution in [0.4, 0.5) is 0 Å². The quantitative estimate of drug-likeness (QED) is 0.650. The number of hydrogen-bond donors (Lipinski definition) is 1. The molecule has 5 nitrogen and oxygen atoms in total. The monoisotopic (exact) mass is 275 g/mol. The van der Waals surface area contributed by atoms with Gasteiger partial charge in [-0.25, -0.2) is 4.79 Å². The SMILES string of the molecule is CCCCOC(=O)Cn1ccc2cccc(C(=O)O)c21.